The maximum atomic E-state index is 10.8. The highest BCUT2D eigenvalue weighted by atomic mass is 32.2. The first-order chi connectivity index (χ1) is 9.11. The Hall–Kier alpha value is -0.290. The second-order valence-electron chi connectivity index (χ2n) is 5.77. The number of thiocarbonyl (C=S) groups is 1. The summed E-state index contributed by atoms with van der Waals surface area (Å²) in [7, 11) is 0. The van der Waals surface area contributed by atoms with Gasteiger partial charge in [-0.1, -0.05) is 37.3 Å². The second kappa shape index (κ2) is 6.93. The van der Waals surface area contributed by atoms with Gasteiger partial charge >= 0.3 is 0 Å². The zero-order valence-electron chi connectivity index (χ0n) is 11.6. The van der Waals surface area contributed by atoms with Crippen LogP contribution < -0.4 is 5.73 Å². The Morgan fingerprint density at radius 2 is 2.21 bits per heavy atom. The summed E-state index contributed by atoms with van der Waals surface area (Å²) in [6.07, 6.45) is 7.07. The third-order valence-corrected chi connectivity index (χ3v) is 5.85. The molecule has 0 aromatic rings. The van der Waals surface area contributed by atoms with Crippen molar-refractivity contribution in [2.45, 2.75) is 51.5 Å². The molecule has 3 atom stereocenters. The van der Waals surface area contributed by atoms with Crippen LogP contribution in [-0.2, 0) is 4.79 Å². The van der Waals surface area contributed by atoms with Crippen molar-refractivity contribution in [1.29, 1.82) is 0 Å². The monoisotopic (exact) mass is 300 g/mol. The normalized spacial score (nSPS) is 28.6. The van der Waals surface area contributed by atoms with E-state index >= 15 is 0 Å². The molecular formula is C14H24N2OS2. The minimum absolute atomic E-state index is 0.239. The SMILES string of the molecule is CCCN(C(=S)SCCC(N)=O)C1CC2CCC1C2. The summed E-state index contributed by atoms with van der Waals surface area (Å²) < 4.78 is 0.973. The minimum atomic E-state index is -0.239. The number of amides is 1. The molecule has 0 spiro atoms. The molecule has 19 heavy (non-hydrogen) atoms. The van der Waals surface area contributed by atoms with Crippen molar-refractivity contribution in [3.8, 4) is 0 Å². The molecular weight excluding hydrogens is 276 g/mol. The lowest BCUT2D eigenvalue weighted by molar-refractivity contribution is -0.117. The van der Waals surface area contributed by atoms with Crippen LogP contribution in [0.25, 0.3) is 0 Å². The Balaban J connectivity index is 1.88. The summed E-state index contributed by atoms with van der Waals surface area (Å²) in [5.41, 5.74) is 5.18. The number of thioether (sulfide) groups is 1. The average Bonchev–Trinajstić information content (AvgIpc) is 2.97. The Kier molecular flexibility index (Phi) is 5.51. The highest BCUT2D eigenvalue weighted by molar-refractivity contribution is 8.22. The molecule has 0 aliphatic heterocycles. The van der Waals surface area contributed by atoms with Gasteiger partial charge in [-0.15, -0.1) is 0 Å². The molecule has 108 valence electrons. The van der Waals surface area contributed by atoms with Crippen molar-refractivity contribution in [2.24, 2.45) is 17.6 Å². The predicted molar refractivity (Wildman–Crippen MR) is 85.1 cm³/mol. The maximum absolute atomic E-state index is 10.8. The van der Waals surface area contributed by atoms with Crippen LogP contribution in [0.15, 0.2) is 0 Å². The van der Waals surface area contributed by atoms with E-state index in [9.17, 15) is 4.79 Å². The highest BCUT2D eigenvalue weighted by Crippen LogP contribution is 2.47. The Morgan fingerprint density at radius 3 is 2.74 bits per heavy atom. The van der Waals surface area contributed by atoms with Crippen LogP contribution in [-0.4, -0.2) is 33.5 Å². The number of primary amides is 1. The van der Waals surface area contributed by atoms with E-state index in [-0.39, 0.29) is 5.91 Å². The third kappa shape index (κ3) is 3.85. The molecule has 5 heteroatoms. The van der Waals surface area contributed by atoms with Crippen LogP contribution >= 0.6 is 24.0 Å². The van der Waals surface area contributed by atoms with Crippen molar-refractivity contribution in [2.75, 3.05) is 12.3 Å². The second-order valence-corrected chi connectivity index (χ2v) is 7.50. The van der Waals surface area contributed by atoms with E-state index in [4.69, 9.17) is 18.0 Å². The number of hydrogen-bond acceptors (Lipinski definition) is 3. The third-order valence-electron chi connectivity index (χ3n) is 4.37. The predicted octanol–water partition coefficient (Wildman–Crippen LogP) is 2.78. The molecule has 2 aliphatic carbocycles. The van der Waals surface area contributed by atoms with Crippen molar-refractivity contribution in [3.63, 3.8) is 0 Å². The Morgan fingerprint density at radius 1 is 1.42 bits per heavy atom. The number of carbonyl (C=O) groups is 1. The van der Waals surface area contributed by atoms with Crippen LogP contribution in [0.3, 0.4) is 0 Å². The number of nitrogens with zero attached hydrogens (tertiary/aromatic N) is 1. The first kappa shape index (κ1) is 15.1. The number of carbonyl (C=O) groups excluding carboxylic acids is 1. The summed E-state index contributed by atoms with van der Waals surface area (Å²) in [6, 6.07) is 0.660. The fourth-order valence-corrected chi connectivity index (χ4v) is 4.90. The van der Waals surface area contributed by atoms with E-state index in [0.717, 1.165) is 34.9 Å². The summed E-state index contributed by atoms with van der Waals surface area (Å²) >= 11 is 7.21. The van der Waals surface area contributed by atoms with Gasteiger partial charge in [-0.3, -0.25) is 4.79 Å². The van der Waals surface area contributed by atoms with E-state index in [0.29, 0.717) is 12.5 Å². The lowest BCUT2D eigenvalue weighted by atomic mass is 9.94. The minimum Gasteiger partial charge on any atom is -0.370 e. The van der Waals surface area contributed by atoms with Gasteiger partial charge in [0.1, 0.15) is 4.32 Å². The first-order valence-electron chi connectivity index (χ1n) is 7.33. The van der Waals surface area contributed by atoms with Gasteiger partial charge in [0, 0.05) is 24.8 Å². The van der Waals surface area contributed by atoms with Crippen LogP contribution in [0, 0.1) is 11.8 Å². The molecule has 0 aromatic carbocycles. The van der Waals surface area contributed by atoms with Crippen molar-refractivity contribution >= 4 is 34.2 Å². The van der Waals surface area contributed by atoms with Gasteiger partial charge in [0.15, 0.2) is 0 Å². The van der Waals surface area contributed by atoms with Gasteiger partial charge in [0.05, 0.1) is 0 Å². The van der Waals surface area contributed by atoms with Crippen LogP contribution in [0.2, 0.25) is 0 Å². The summed E-state index contributed by atoms with van der Waals surface area (Å²) in [5.74, 6) is 2.27. The maximum Gasteiger partial charge on any atom is 0.218 e. The zero-order valence-corrected chi connectivity index (χ0v) is 13.3. The van der Waals surface area contributed by atoms with Gasteiger partial charge in [0.2, 0.25) is 5.91 Å². The number of rotatable bonds is 6. The van der Waals surface area contributed by atoms with Crippen LogP contribution in [0.1, 0.15) is 45.4 Å². The van der Waals surface area contributed by atoms with Crippen LogP contribution in [0.5, 0.6) is 0 Å². The number of hydrogen-bond donors (Lipinski definition) is 1. The van der Waals surface area contributed by atoms with Gasteiger partial charge < -0.3 is 10.6 Å². The van der Waals surface area contributed by atoms with E-state index < -0.39 is 0 Å². The quantitative estimate of drug-likeness (QED) is 0.766. The van der Waals surface area contributed by atoms with Gasteiger partial charge in [0.25, 0.3) is 0 Å². The Labute approximate surface area is 125 Å². The van der Waals surface area contributed by atoms with E-state index in [2.05, 4.69) is 11.8 Å². The lowest BCUT2D eigenvalue weighted by Gasteiger charge is -2.36. The fourth-order valence-electron chi connectivity index (χ4n) is 3.55. The van der Waals surface area contributed by atoms with Gasteiger partial charge in [-0.25, -0.2) is 0 Å². The fraction of sp³-hybridized carbons (Fsp3) is 0.857. The topological polar surface area (TPSA) is 46.3 Å². The van der Waals surface area contributed by atoms with Crippen LogP contribution in [0.4, 0.5) is 0 Å². The largest absolute Gasteiger partial charge is 0.370 e. The number of fused-ring (bicyclic) bond motifs is 2. The van der Waals surface area contributed by atoms with Gasteiger partial charge in [-0.05, 0) is 37.5 Å². The molecule has 2 saturated carbocycles. The molecule has 0 radical (unpaired) electrons. The first-order valence-corrected chi connectivity index (χ1v) is 8.73. The molecule has 2 bridgehead atoms. The Bertz CT molecular complexity index is 348. The molecule has 3 unspecified atom stereocenters. The average molecular weight is 300 g/mol. The summed E-state index contributed by atoms with van der Waals surface area (Å²) in [4.78, 5) is 13.2. The lowest BCUT2D eigenvalue weighted by Crippen LogP contribution is -2.42. The molecule has 2 fully saturated rings. The molecule has 0 saturated heterocycles. The van der Waals surface area contributed by atoms with E-state index in [1.165, 1.54) is 25.7 Å². The van der Waals surface area contributed by atoms with Gasteiger partial charge in [-0.2, -0.15) is 0 Å². The molecule has 0 aromatic heterocycles. The van der Waals surface area contributed by atoms with Crippen molar-refractivity contribution in [1.82, 2.24) is 4.90 Å². The van der Waals surface area contributed by atoms with E-state index in [1.807, 2.05) is 0 Å². The molecule has 2 aliphatic rings. The molecule has 1 amide bonds. The zero-order chi connectivity index (χ0) is 13.8. The van der Waals surface area contributed by atoms with Crippen molar-refractivity contribution < 1.29 is 4.79 Å². The summed E-state index contributed by atoms with van der Waals surface area (Å²) in [6.45, 7) is 3.26. The highest BCUT2D eigenvalue weighted by Gasteiger charge is 2.42. The smallest absolute Gasteiger partial charge is 0.218 e. The molecule has 3 nitrogen and oxygen atoms in total. The molecule has 0 heterocycles. The number of nitrogens with two attached hydrogens (primary N) is 1. The van der Waals surface area contributed by atoms with Crippen molar-refractivity contribution in [3.05, 3.63) is 0 Å². The van der Waals surface area contributed by atoms with E-state index in [1.54, 1.807) is 11.8 Å². The summed E-state index contributed by atoms with van der Waals surface area (Å²) in [5, 5.41) is 0. The molecule has 2 N–H and O–H groups in total. The molecule has 2 rings (SSSR count). The standard InChI is InChI=1S/C14H24N2OS2/c1-2-6-16(14(18)19-7-5-13(15)17)12-9-10-3-4-11(12)8-10/h10-12H,2-9H2,1H3,(H2,15,17).